The van der Waals surface area contributed by atoms with Crippen molar-refractivity contribution in [2.75, 3.05) is 0 Å². The maximum absolute atomic E-state index is 10.6. The molecule has 1 aromatic rings. The van der Waals surface area contributed by atoms with Crippen LogP contribution in [0.4, 0.5) is 0 Å². The van der Waals surface area contributed by atoms with Crippen LogP contribution >= 0.6 is 0 Å². The van der Waals surface area contributed by atoms with Crippen LogP contribution in [-0.2, 0) is 32.7 Å². The predicted octanol–water partition coefficient (Wildman–Crippen LogP) is 1.08. The zero-order valence-electron chi connectivity index (χ0n) is 5.66. The van der Waals surface area contributed by atoms with Gasteiger partial charge in [0, 0.05) is 38.4 Å². The van der Waals surface area contributed by atoms with Crippen LogP contribution in [0.1, 0.15) is 17.4 Å². The SMILES string of the molecule is CC(=O)c1cc[c-]cn1.[Y]. The summed E-state index contributed by atoms with van der Waals surface area (Å²) in [5, 5.41) is 0. The molecule has 1 heterocycles. The van der Waals surface area contributed by atoms with E-state index in [1.165, 1.54) is 13.1 Å². The molecule has 49 valence electrons. The molecule has 0 atom stereocenters. The summed E-state index contributed by atoms with van der Waals surface area (Å²) in [5.74, 6) is -0.0102. The molecule has 0 aliphatic rings. The molecule has 0 fully saturated rings. The normalized spacial score (nSPS) is 8.10. The summed E-state index contributed by atoms with van der Waals surface area (Å²) in [4.78, 5) is 14.3. The van der Waals surface area contributed by atoms with Crippen LogP contribution in [-0.4, -0.2) is 10.8 Å². The van der Waals surface area contributed by atoms with Gasteiger partial charge in [-0.2, -0.15) is 6.07 Å². The molecular formula is C7H6NOY-. The van der Waals surface area contributed by atoms with Gasteiger partial charge in [-0.25, -0.2) is 12.1 Å². The van der Waals surface area contributed by atoms with E-state index in [4.69, 9.17) is 0 Å². The molecule has 1 rings (SSSR count). The second kappa shape index (κ2) is 4.70. The molecule has 0 saturated carbocycles. The van der Waals surface area contributed by atoms with Crippen molar-refractivity contribution in [3.05, 3.63) is 30.1 Å². The van der Waals surface area contributed by atoms with Crippen molar-refractivity contribution in [3.63, 3.8) is 0 Å². The van der Waals surface area contributed by atoms with E-state index in [0.29, 0.717) is 5.69 Å². The molecule has 2 nitrogen and oxygen atoms in total. The molecule has 0 saturated heterocycles. The van der Waals surface area contributed by atoms with Crippen LogP contribution < -0.4 is 0 Å². The predicted molar refractivity (Wildman–Crippen MR) is 33.1 cm³/mol. The van der Waals surface area contributed by atoms with Crippen molar-refractivity contribution in [3.8, 4) is 0 Å². The standard InChI is InChI=1S/C7H6NO.Y/c1-6(9)7-4-2-3-5-8-7;/h2,4-5H,1H3;/q-1;. The average Bonchev–Trinajstić information content (AvgIpc) is 1.90. The number of carbonyl (C=O) groups is 1. The number of hydrogen-bond donors (Lipinski definition) is 0. The van der Waals surface area contributed by atoms with E-state index in [0.717, 1.165) is 0 Å². The molecule has 3 heteroatoms. The van der Waals surface area contributed by atoms with E-state index in [-0.39, 0.29) is 38.5 Å². The number of aromatic nitrogens is 1. The Morgan fingerprint density at radius 3 is 2.70 bits per heavy atom. The third-order valence-corrected chi connectivity index (χ3v) is 0.976. The van der Waals surface area contributed by atoms with Gasteiger partial charge in [0.05, 0.1) is 0 Å². The van der Waals surface area contributed by atoms with Gasteiger partial charge in [0.25, 0.3) is 0 Å². The number of hydrogen-bond acceptors (Lipinski definition) is 2. The third kappa shape index (κ3) is 2.67. The fourth-order valence-electron chi connectivity index (χ4n) is 0.528. The maximum atomic E-state index is 10.6. The molecular weight excluding hydrogens is 203 g/mol. The van der Waals surface area contributed by atoms with Crippen LogP contribution in [0.5, 0.6) is 0 Å². The van der Waals surface area contributed by atoms with Crippen LogP contribution in [0, 0.1) is 6.07 Å². The number of carbonyl (C=O) groups excluding carboxylic acids is 1. The molecule has 1 radical (unpaired) electrons. The summed E-state index contributed by atoms with van der Waals surface area (Å²) in [6.45, 7) is 1.49. The molecule has 0 spiro atoms. The Morgan fingerprint density at radius 2 is 2.40 bits per heavy atom. The molecule has 0 aliphatic carbocycles. The first-order valence-corrected chi connectivity index (χ1v) is 2.64. The van der Waals surface area contributed by atoms with Crippen molar-refractivity contribution in [2.45, 2.75) is 6.92 Å². The minimum atomic E-state index is -0.0102. The molecule has 1 aromatic heterocycles. The second-order valence-corrected chi connectivity index (χ2v) is 1.70. The Labute approximate surface area is 84.9 Å². The largest absolute Gasteiger partial charge is 0.295 e. The first-order chi connectivity index (χ1) is 4.30. The van der Waals surface area contributed by atoms with Crippen molar-refractivity contribution in [1.82, 2.24) is 4.98 Å². The fourth-order valence-corrected chi connectivity index (χ4v) is 0.528. The number of pyridine rings is 1. The minimum absolute atomic E-state index is 0. The second-order valence-electron chi connectivity index (χ2n) is 1.70. The van der Waals surface area contributed by atoms with E-state index in [2.05, 4.69) is 11.1 Å². The van der Waals surface area contributed by atoms with E-state index in [1.54, 1.807) is 12.1 Å². The third-order valence-electron chi connectivity index (χ3n) is 0.976. The number of rotatable bonds is 1. The molecule has 0 aliphatic heterocycles. The Morgan fingerprint density at radius 1 is 1.70 bits per heavy atom. The van der Waals surface area contributed by atoms with Gasteiger partial charge in [0.15, 0.2) is 5.78 Å². The zero-order chi connectivity index (χ0) is 6.69. The summed E-state index contributed by atoms with van der Waals surface area (Å²) >= 11 is 0. The quantitative estimate of drug-likeness (QED) is 0.511. The van der Waals surface area contributed by atoms with Gasteiger partial charge in [-0.1, -0.05) is 6.20 Å². The van der Waals surface area contributed by atoms with Crippen molar-refractivity contribution >= 4 is 5.78 Å². The van der Waals surface area contributed by atoms with Gasteiger partial charge in [-0.15, -0.1) is 0 Å². The summed E-state index contributed by atoms with van der Waals surface area (Å²) in [7, 11) is 0. The van der Waals surface area contributed by atoms with E-state index < -0.39 is 0 Å². The van der Waals surface area contributed by atoms with Crippen LogP contribution in [0.25, 0.3) is 0 Å². The van der Waals surface area contributed by atoms with Gasteiger partial charge < -0.3 is 0 Å². The van der Waals surface area contributed by atoms with E-state index >= 15 is 0 Å². The molecule has 0 unspecified atom stereocenters. The number of ketones is 1. The Balaban J connectivity index is 0.000000810. The first kappa shape index (κ1) is 9.92. The maximum Gasteiger partial charge on any atom is 0.159 e. The fraction of sp³-hybridized carbons (Fsp3) is 0.143. The Bertz CT molecular complexity index is 210. The molecule has 0 bridgehead atoms. The molecule has 10 heavy (non-hydrogen) atoms. The van der Waals surface area contributed by atoms with E-state index in [1.807, 2.05) is 0 Å². The van der Waals surface area contributed by atoms with Gasteiger partial charge in [0.1, 0.15) is 0 Å². The minimum Gasteiger partial charge on any atom is -0.295 e. The number of nitrogens with zero attached hydrogens (tertiary/aromatic N) is 1. The van der Waals surface area contributed by atoms with Gasteiger partial charge in [-0.3, -0.25) is 9.78 Å². The van der Waals surface area contributed by atoms with Crippen LogP contribution in [0.3, 0.4) is 0 Å². The van der Waals surface area contributed by atoms with Gasteiger partial charge in [0.2, 0.25) is 0 Å². The smallest absolute Gasteiger partial charge is 0.159 e. The van der Waals surface area contributed by atoms with Crippen molar-refractivity contribution < 1.29 is 37.5 Å². The zero-order valence-corrected chi connectivity index (χ0v) is 8.50. The average molecular weight is 209 g/mol. The van der Waals surface area contributed by atoms with Crippen molar-refractivity contribution in [2.24, 2.45) is 0 Å². The van der Waals surface area contributed by atoms with Crippen LogP contribution in [0.15, 0.2) is 18.3 Å². The number of Topliss-reactive ketones (excluding diaryl/α,β-unsaturated/α-hetero) is 1. The van der Waals surface area contributed by atoms with Gasteiger partial charge >= 0.3 is 0 Å². The van der Waals surface area contributed by atoms with Crippen molar-refractivity contribution in [1.29, 1.82) is 0 Å². The summed E-state index contributed by atoms with van der Waals surface area (Å²) < 4.78 is 0. The summed E-state index contributed by atoms with van der Waals surface area (Å²) in [6.07, 6.45) is 1.48. The van der Waals surface area contributed by atoms with E-state index in [9.17, 15) is 4.79 Å². The molecule has 0 aromatic carbocycles. The molecule has 0 amide bonds. The van der Waals surface area contributed by atoms with Gasteiger partial charge in [-0.05, 0) is 6.92 Å². The monoisotopic (exact) mass is 209 g/mol. The molecule has 0 N–H and O–H groups in total. The summed E-state index contributed by atoms with van der Waals surface area (Å²) in [6, 6.07) is 6.04. The Hall–Kier alpha value is -0.0761. The Kier molecular flexibility index (Phi) is 4.66. The van der Waals surface area contributed by atoms with Crippen LogP contribution in [0.2, 0.25) is 0 Å². The first-order valence-electron chi connectivity index (χ1n) is 2.64. The summed E-state index contributed by atoms with van der Waals surface area (Å²) in [5.41, 5.74) is 0.494. The topological polar surface area (TPSA) is 30.0 Å².